The molecule has 0 aromatic heterocycles. The Labute approximate surface area is 100 Å². The molecule has 0 radical (unpaired) electrons. The van der Waals surface area contributed by atoms with Crippen LogP contribution in [0, 0.1) is 0 Å². The predicted molar refractivity (Wildman–Crippen MR) is 67.8 cm³/mol. The number of sulfone groups is 1. The first-order valence-electron chi connectivity index (χ1n) is 4.66. The van der Waals surface area contributed by atoms with Crippen LogP contribution in [0.25, 0.3) is 0 Å². The molecule has 0 bridgehead atoms. The lowest BCUT2D eigenvalue weighted by molar-refractivity contribution is 0.416. The van der Waals surface area contributed by atoms with E-state index in [1.807, 2.05) is 12.1 Å². The molecule has 0 spiro atoms. The molecule has 2 N–H and O–H groups in total. The summed E-state index contributed by atoms with van der Waals surface area (Å²) in [7, 11) is -1.34. The number of nitrogen functional groups attached to an aromatic ring is 1. The molecular formula is C10H15NO3S2. The van der Waals surface area contributed by atoms with E-state index in [1.54, 1.807) is 13.2 Å². The van der Waals surface area contributed by atoms with Crippen molar-refractivity contribution in [2.75, 3.05) is 30.6 Å². The zero-order valence-corrected chi connectivity index (χ0v) is 10.9. The molecule has 6 heteroatoms. The van der Waals surface area contributed by atoms with Gasteiger partial charge in [0.1, 0.15) is 15.6 Å². The van der Waals surface area contributed by atoms with Crippen LogP contribution in [0.2, 0.25) is 0 Å². The SMILES string of the molecule is COc1cc(SCCS(C)(=O)=O)ccc1N. The summed E-state index contributed by atoms with van der Waals surface area (Å²) in [6, 6.07) is 5.41. The first-order chi connectivity index (χ1) is 7.42. The lowest BCUT2D eigenvalue weighted by Crippen LogP contribution is -2.04. The predicted octanol–water partition coefficient (Wildman–Crippen LogP) is 1.41. The Morgan fingerprint density at radius 1 is 1.44 bits per heavy atom. The third-order valence-corrected chi connectivity index (χ3v) is 4.13. The van der Waals surface area contributed by atoms with Gasteiger partial charge in [0.15, 0.2) is 0 Å². The Balaban J connectivity index is 2.61. The van der Waals surface area contributed by atoms with E-state index in [1.165, 1.54) is 18.0 Å². The molecule has 1 aromatic carbocycles. The largest absolute Gasteiger partial charge is 0.495 e. The summed E-state index contributed by atoms with van der Waals surface area (Å²) in [6.07, 6.45) is 1.23. The lowest BCUT2D eigenvalue weighted by Gasteiger charge is -2.06. The number of methoxy groups -OCH3 is 1. The summed E-state index contributed by atoms with van der Waals surface area (Å²) in [5.41, 5.74) is 6.25. The molecular weight excluding hydrogens is 246 g/mol. The van der Waals surface area contributed by atoms with Gasteiger partial charge in [0, 0.05) is 16.9 Å². The van der Waals surface area contributed by atoms with Gasteiger partial charge in [-0.3, -0.25) is 0 Å². The third kappa shape index (κ3) is 4.32. The van der Waals surface area contributed by atoms with Gasteiger partial charge in [-0.05, 0) is 18.2 Å². The highest BCUT2D eigenvalue weighted by molar-refractivity contribution is 8.00. The van der Waals surface area contributed by atoms with Crippen LogP contribution < -0.4 is 10.5 Å². The monoisotopic (exact) mass is 261 g/mol. The maximum Gasteiger partial charge on any atom is 0.148 e. The number of hydrogen-bond acceptors (Lipinski definition) is 5. The van der Waals surface area contributed by atoms with E-state index in [9.17, 15) is 8.42 Å². The van der Waals surface area contributed by atoms with Crippen molar-refractivity contribution in [1.29, 1.82) is 0 Å². The molecule has 90 valence electrons. The molecule has 0 atom stereocenters. The van der Waals surface area contributed by atoms with Crippen LogP contribution in [-0.4, -0.2) is 33.3 Å². The van der Waals surface area contributed by atoms with Crippen LogP contribution >= 0.6 is 11.8 Å². The van der Waals surface area contributed by atoms with Crippen molar-refractivity contribution >= 4 is 27.3 Å². The summed E-state index contributed by atoms with van der Waals surface area (Å²) in [5.74, 6) is 1.32. The van der Waals surface area contributed by atoms with Crippen LogP contribution in [0.1, 0.15) is 0 Å². The molecule has 0 amide bonds. The quantitative estimate of drug-likeness (QED) is 0.641. The highest BCUT2D eigenvalue weighted by Gasteiger charge is 2.04. The average molecular weight is 261 g/mol. The smallest absolute Gasteiger partial charge is 0.148 e. The van der Waals surface area contributed by atoms with E-state index in [0.717, 1.165) is 4.90 Å². The number of benzene rings is 1. The van der Waals surface area contributed by atoms with E-state index in [2.05, 4.69) is 0 Å². The molecule has 0 aliphatic carbocycles. The summed E-state index contributed by atoms with van der Waals surface area (Å²) in [5, 5.41) is 0. The number of nitrogens with two attached hydrogens (primary N) is 1. The van der Waals surface area contributed by atoms with Gasteiger partial charge in [0.25, 0.3) is 0 Å². The van der Waals surface area contributed by atoms with Gasteiger partial charge in [-0.2, -0.15) is 0 Å². The Bertz CT molecular complexity index is 457. The van der Waals surface area contributed by atoms with Gasteiger partial charge >= 0.3 is 0 Å². The fraction of sp³-hybridized carbons (Fsp3) is 0.400. The first-order valence-corrected chi connectivity index (χ1v) is 7.71. The van der Waals surface area contributed by atoms with Crippen LogP contribution in [0.5, 0.6) is 5.75 Å². The summed E-state index contributed by atoms with van der Waals surface area (Å²) >= 11 is 1.47. The van der Waals surface area contributed by atoms with Gasteiger partial charge < -0.3 is 10.5 Å². The van der Waals surface area contributed by atoms with Crippen molar-refractivity contribution in [2.24, 2.45) is 0 Å². The van der Waals surface area contributed by atoms with Crippen LogP contribution in [0.4, 0.5) is 5.69 Å². The highest BCUT2D eigenvalue weighted by atomic mass is 32.2. The molecule has 1 aromatic rings. The number of anilines is 1. The van der Waals surface area contributed by atoms with E-state index >= 15 is 0 Å². The Hall–Kier alpha value is -0.880. The minimum absolute atomic E-state index is 0.171. The van der Waals surface area contributed by atoms with Gasteiger partial charge in [-0.15, -0.1) is 11.8 Å². The summed E-state index contributed by atoms with van der Waals surface area (Å²) < 4.78 is 27.0. The normalized spacial score (nSPS) is 11.4. The minimum atomic E-state index is -2.89. The Morgan fingerprint density at radius 3 is 2.69 bits per heavy atom. The molecule has 0 fully saturated rings. The van der Waals surface area contributed by atoms with Crippen molar-refractivity contribution in [3.63, 3.8) is 0 Å². The Morgan fingerprint density at radius 2 is 2.12 bits per heavy atom. The van der Waals surface area contributed by atoms with Crippen LogP contribution in [0.15, 0.2) is 23.1 Å². The number of hydrogen-bond donors (Lipinski definition) is 1. The first kappa shape index (κ1) is 13.2. The fourth-order valence-corrected chi connectivity index (χ4v) is 3.23. The van der Waals surface area contributed by atoms with Crippen molar-refractivity contribution in [1.82, 2.24) is 0 Å². The van der Waals surface area contributed by atoms with Crippen molar-refractivity contribution in [3.8, 4) is 5.75 Å². The van der Waals surface area contributed by atoms with Crippen LogP contribution in [-0.2, 0) is 9.84 Å². The molecule has 0 unspecified atom stereocenters. The molecule has 4 nitrogen and oxygen atoms in total. The molecule has 0 saturated heterocycles. The van der Waals surface area contributed by atoms with E-state index in [4.69, 9.17) is 10.5 Å². The van der Waals surface area contributed by atoms with Crippen molar-refractivity contribution < 1.29 is 13.2 Å². The highest BCUT2D eigenvalue weighted by Crippen LogP contribution is 2.28. The number of thioether (sulfide) groups is 1. The second-order valence-corrected chi connectivity index (χ2v) is 6.81. The zero-order valence-electron chi connectivity index (χ0n) is 9.26. The van der Waals surface area contributed by atoms with Crippen molar-refractivity contribution in [2.45, 2.75) is 4.90 Å². The van der Waals surface area contributed by atoms with Gasteiger partial charge in [-0.25, -0.2) is 8.42 Å². The molecule has 0 heterocycles. The molecule has 0 aliphatic rings. The Kier molecular flexibility index (Phi) is 4.49. The number of ether oxygens (including phenoxy) is 1. The standard InChI is InChI=1S/C10H15NO3S2/c1-14-10-7-8(3-4-9(10)11)15-5-6-16(2,12)13/h3-4,7H,5-6,11H2,1-2H3. The van der Waals surface area contributed by atoms with Gasteiger partial charge in [0.05, 0.1) is 18.6 Å². The second kappa shape index (κ2) is 5.45. The van der Waals surface area contributed by atoms with E-state index in [-0.39, 0.29) is 5.75 Å². The van der Waals surface area contributed by atoms with Gasteiger partial charge in [0.2, 0.25) is 0 Å². The van der Waals surface area contributed by atoms with E-state index in [0.29, 0.717) is 17.2 Å². The fourth-order valence-electron chi connectivity index (χ4n) is 1.09. The maximum atomic E-state index is 10.9. The minimum Gasteiger partial charge on any atom is -0.495 e. The second-order valence-electron chi connectivity index (χ2n) is 3.38. The molecule has 1 rings (SSSR count). The lowest BCUT2D eigenvalue weighted by atomic mass is 10.3. The van der Waals surface area contributed by atoms with Crippen molar-refractivity contribution in [3.05, 3.63) is 18.2 Å². The topological polar surface area (TPSA) is 69.4 Å². The average Bonchev–Trinajstić information content (AvgIpc) is 2.18. The molecule has 16 heavy (non-hydrogen) atoms. The summed E-state index contributed by atoms with van der Waals surface area (Å²) in [4.78, 5) is 0.953. The summed E-state index contributed by atoms with van der Waals surface area (Å²) in [6.45, 7) is 0. The maximum absolute atomic E-state index is 10.9. The van der Waals surface area contributed by atoms with Gasteiger partial charge in [-0.1, -0.05) is 0 Å². The third-order valence-electron chi connectivity index (χ3n) is 1.93. The molecule has 0 saturated carbocycles. The zero-order chi connectivity index (χ0) is 12.2. The number of rotatable bonds is 5. The van der Waals surface area contributed by atoms with Crippen LogP contribution in [0.3, 0.4) is 0 Å². The van der Waals surface area contributed by atoms with E-state index < -0.39 is 9.84 Å². The molecule has 0 aliphatic heterocycles.